The number of nitrogens with zero attached hydrogens (tertiary/aromatic N) is 2. The van der Waals surface area contributed by atoms with Gasteiger partial charge < -0.3 is 25.8 Å². The van der Waals surface area contributed by atoms with Crippen molar-refractivity contribution in [3.63, 3.8) is 0 Å². The summed E-state index contributed by atoms with van der Waals surface area (Å²) in [5.41, 5.74) is 5.87. The van der Waals surface area contributed by atoms with Crippen molar-refractivity contribution < 1.29 is 14.6 Å². The number of thiazole rings is 1. The number of rotatable bonds is 4. The normalized spacial score (nSPS) is 22.6. The molecule has 1 aliphatic heterocycles. The fourth-order valence-electron chi connectivity index (χ4n) is 2.14. The van der Waals surface area contributed by atoms with Crippen LogP contribution in [0.25, 0.3) is 0 Å². The van der Waals surface area contributed by atoms with E-state index in [1.165, 1.54) is 11.3 Å². The summed E-state index contributed by atoms with van der Waals surface area (Å²) in [5, 5.41) is 13.0. The molecule has 1 fully saturated rings. The Morgan fingerprint density at radius 3 is 3.00 bits per heavy atom. The average Bonchev–Trinajstić information content (AvgIpc) is 2.78. The first-order chi connectivity index (χ1) is 9.92. The van der Waals surface area contributed by atoms with E-state index < -0.39 is 0 Å². The Bertz CT molecular complexity index is 506. The fraction of sp³-hybridized carbons (Fsp3) is 0.692. The van der Waals surface area contributed by atoms with Crippen LogP contribution < -0.4 is 11.1 Å². The molecule has 2 unspecified atom stereocenters. The topological polar surface area (TPSA) is 101 Å². The van der Waals surface area contributed by atoms with Crippen LogP contribution in [0.2, 0.25) is 0 Å². The van der Waals surface area contributed by atoms with Gasteiger partial charge in [-0.15, -0.1) is 0 Å². The smallest absolute Gasteiger partial charge is 0.268 e. The van der Waals surface area contributed by atoms with E-state index in [1.807, 2.05) is 20.8 Å². The van der Waals surface area contributed by atoms with Gasteiger partial charge in [-0.1, -0.05) is 11.3 Å². The number of nitrogens with one attached hydrogen (secondary N) is 1. The van der Waals surface area contributed by atoms with Crippen LogP contribution in [0, 0.1) is 0 Å². The molecule has 7 nitrogen and oxygen atoms in total. The van der Waals surface area contributed by atoms with Gasteiger partial charge in [0.1, 0.15) is 10.7 Å². The lowest BCUT2D eigenvalue weighted by Crippen LogP contribution is -2.51. The molecule has 2 heterocycles. The maximum atomic E-state index is 12.6. The van der Waals surface area contributed by atoms with Crippen LogP contribution in [0.1, 0.15) is 30.4 Å². The van der Waals surface area contributed by atoms with E-state index in [9.17, 15) is 9.90 Å². The largest absolute Gasteiger partial charge is 0.394 e. The molecule has 1 aromatic heterocycles. The predicted molar refractivity (Wildman–Crippen MR) is 82.6 cm³/mol. The predicted octanol–water partition coefficient (Wildman–Crippen LogP) is 0.767. The van der Waals surface area contributed by atoms with Gasteiger partial charge in [0.15, 0.2) is 5.13 Å². The number of amides is 1. The zero-order valence-electron chi connectivity index (χ0n) is 12.5. The van der Waals surface area contributed by atoms with Gasteiger partial charge >= 0.3 is 0 Å². The highest BCUT2D eigenvalue weighted by Gasteiger charge is 2.32. The number of carbonyl (C=O) groups excluding carboxylic acids is 1. The SMILES string of the molecule is CC(C)Nc1nc(N)c(C(=O)N2CC(CO)OCC2C)s1. The number of hydrogen-bond donors (Lipinski definition) is 3. The van der Waals surface area contributed by atoms with Crippen molar-refractivity contribution in [3.05, 3.63) is 4.88 Å². The van der Waals surface area contributed by atoms with Gasteiger partial charge in [-0.05, 0) is 20.8 Å². The Labute approximate surface area is 128 Å². The summed E-state index contributed by atoms with van der Waals surface area (Å²) >= 11 is 1.26. The Balaban J connectivity index is 2.16. The number of nitrogen functional groups attached to an aromatic ring is 1. The molecule has 0 aromatic carbocycles. The highest BCUT2D eigenvalue weighted by Crippen LogP contribution is 2.28. The minimum Gasteiger partial charge on any atom is -0.394 e. The highest BCUT2D eigenvalue weighted by molar-refractivity contribution is 7.18. The lowest BCUT2D eigenvalue weighted by Gasteiger charge is -2.37. The van der Waals surface area contributed by atoms with Crippen LogP contribution in [-0.2, 0) is 4.74 Å². The molecule has 8 heteroatoms. The van der Waals surface area contributed by atoms with Crippen LogP contribution in [0.15, 0.2) is 0 Å². The average molecular weight is 314 g/mol. The number of aromatic nitrogens is 1. The third-order valence-corrected chi connectivity index (χ3v) is 4.22. The minimum absolute atomic E-state index is 0.0525. The standard InChI is InChI=1S/C13H22N4O3S/c1-7(2)15-13-16-11(14)10(21-13)12(19)17-4-9(5-18)20-6-8(17)3/h7-9,18H,4-6,14H2,1-3H3,(H,15,16). The molecule has 118 valence electrons. The highest BCUT2D eigenvalue weighted by atomic mass is 32.1. The second kappa shape index (κ2) is 6.59. The summed E-state index contributed by atoms with van der Waals surface area (Å²) in [6, 6.07) is 0.169. The van der Waals surface area contributed by atoms with Gasteiger partial charge in [-0.25, -0.2) is 4.98 Å². The van der Waals surface area contributed by atoms with Crippen molar-refractivity contribution in [3.8, 4) is 0 Å². The second-order valence-electron chi connectivity index (χ2n) is 5.48. The summed E-state index contributed by atoms with van der Waals surface area (Å²) in [4.78, 5) is 19.0. The van der Waals surface area contributed by atoms with E-state index in [1.54, 1.807) is 4.90 Å². The molecule has 2 rings (SSSR count). The molecule has 0 spiro atoms. The molecule has 1 saturated heterocycles. The monoisotopic (exact) mass is 314 g/mol. The maximum absolute atomic E-state index is 12.6. The zero-order valence-corrected chi connectivity index (χ0v) is 13.3. The molecule has 0 saturated carbocycles. The van der Waals surface area contributed by atoms with Gasteiger partial charge in [0.2, 0.25) is 0 Å². The molecule has 1 aromatic rings. The summed E-state index contributed by atoms with van der Waals surface area (Å²) < 4.78 is 5.44. The zero-order chi connectivity index (χ0) is 15.6. The number of aliphatic hydroxyl groups excluding tert-OH is 1. The molecule has 0 bridgehead atoms. The van der Waals surface area contributed by atoms with Crippen molar-refractivity contribution in [1.29, 1.82) is 0 Å². The first-order valence-electron chi connectivity index (χ1n) is 6.98. The van der Waals surface area contributed by atoms with Gasteiger partial charge in [-0.3, -0.25) is 4.79 Å². The maximum Gasteiger partial charge on any atom is 0.268 e. The van der Waals surface area contributed by atoms with Crippen LogP contribution >= 0.6 is 11.3 Å². The molecule has 0 aliphatic carbocycles. The van der Waals surface area contributed by atoms with E-state index in [-0.39, 0.29) is 36.5 Å². The summed E-state index contributed by atoms with van der Waals surface area (Å²) in [6.07, 6.45) is -0.340. The molecule has 21 heavy (non-hydrogen) atoms. The lowest BCUT2D eigenvalue weighted by atomic mass is 10.2. The third-order valence-electron chi connectivity index (χ3n) is 3.23. The summed E-state index contributed by atoms with van der Waals surface area (Å²) in [5.74, 6) is 0.0865. The van der Waals surface area contributed by atoms with E-state index in [2.05, 4.69) is 10.3 Å². The molecule has 0 radical (unpaired) electrons. The van der Waals surface area contributed by atoms with E-state index >= 15 is 0 Å². The van der Waals surface area contributed by atoms with Gasteiger partial charge in [0.05, 0.1) is 25.4 Å². The van der Waals surface area contributed by atoms with Crippen LogP contribution in [-0.4, -0.2) is 58.8 Å². The Hall–Kier alpha value is -1.38. The molecular weight excluding hydrogens is 292 g/mol. The first-order valence-corrected chi connectivity index (χ1v) is 7.80. The molecular formula is C13H22N4O3S. The number of carbonyl (C=O) groups is 1. The van der Waals surface area contributed by atoms with Crippen molar-refractivity contribution >= 4 is 28.2 Å². The number of ether oxygens (including phenoxy) is 1. The number of hydrogen-bond acceptors (Lipinski definition) is 7. The Morgan fingerprint density at radius 2 is 2.38 bits per heavy atom. The van der Waals surface area contributed by atoms with Gasteiger partial charge in [0, 0.05) is 12.6 Å². The summed E-state index contributed by atoms with van der Waals surface area (Å²) in [7, 11) is 0. The number of morpholine rings is 1. The Kier molecular flexibility index (Phi) is 5.02. The van der Waals surface area contributed by atoms with Crippen molar-refractivity contribution in [2.24, 2.45) is 0 Å². The van der Waals surface area contributed by atoms with Crippen LogP contribution in [0.4, 0.5) is 10.9 Å². The van der Waals surface area contributed by atoms with E-state index in [0.717, 1.165) is 0 Å². The number of aliphatic hydroxyl groups is 1. The van der Waals surface area contributed by atoms with E-state index in [4.69, 9.17) is 10.5 Å². The lowest BCUT2D eigenvalue weighted by molar-refractivity contribution is -0.0666. The molecule has 2 atom stereocenters. The van der Waals surface area contributed by atoms with Crippen molar-refractivity contribution in [2.75, 3.05) is 30.8 Å². The van der Waals surface area contributed by atoms with Crippen molar-refractivity contribution in [2.45, 2.75) is 39.0 Å². The second-order valence-corrected chi connectivity index (χ2v) is 6.48. The molecule has 1 amide bonds. The number of nitrogens with two attached hydrogens (primary N) is 1. The van der Waals surface area contributed by atoms with Crippen LogP contribution in [0.3, 0.4) is 0 Å². The molecule has 1 aliphatic rings. The Morgan fingerprint density at radius 1 is 1.67 bits per heavy atom. The fourth-order valence-corrected chi connectivity index (χ4v) is 3.12. The quantitative estimate of drug-likeness (QED) is 0.759. The van der Waals surface area contributed by atoms with E-state index in [0.29, 0.717) is 23.2 Å². The summed E-state index contributed by atoms with van der Waals surface area (Å²) in [6.45, 7) is 6.57. The minimum atomic E-state index is -0.340. The van der Waals surface area contributed by atoms with Gasteiger partial charge in [0.25, 0.3) is 5.91 Å². The third kappa shape index (κ3) is 3.63. The number of anilines is 2. The first kappa shape index (κ1) is 16.0. The molecule has 4 N–H and O–H groups in total. The van der Waals surface area contributed by atoms with Crippen LogP contribution in [0.5, 0.6) is 0 Å². The van der Waals surface area contributed by atoms with Crippen molar-refractivity contribution in [1.82, 2.24) is 9.88 Å². The van der Waals surface area contributed by atoms with Gasteiger partial charge in [-0.2, -0.15) is 0 Å².